The summed E-state index contributed by atoms with van der Waals surface area (Å²) < 4.78 is 32.8. The second kappa shape index (κ2) is 14.1. The molecule has 2 unspecified atom stereocenters. The number of rotatable bonds is 13. The largest absolute Gasteiger partial charge is 0.409 e. The van der Waals surface area contributed by atoms with Crippen LogP contribution in [0.5, 0.6) is 0 Å². The van der Waals surface area contributed by atoms with Gasteiger partial charge in [0.25, 0.3) is 7.57 Å². The van der Waals surface area contributed by atoms with Crippen LogP contribution in [0.3, 0.4) is 0 Å². The molecule has 0 radical (unpaired) electrons. The molecule has 2 aromatic carbocycles. The van der Waals surface area contributed by atoms with Crippen LogP contribution in [0.2, 0.25) is 29.2 Å². The SMILES string of the molecule is B[C@@H]1O[C@](CO)(C[Si](c2ccccc2)(c2ccccc2)C(C)(C)C)[C@H](OP(=C)(OC)OCCC#N)C1O[Si](C)(C)C(C)(C)C. The van der Waals surface area contributed by atoms with Crippen LogP contribution in [-0.2, 0) is 22.7 Å². The summed E-state index contributed by atoms with van der Waals surface area (Å²) in [5, 5.41) is 22.9. The fourth-order valence-corrected chi connectivity index (χ4v) is 14.6. The molecule has 1 fully saturated rings. The summed E-state index contributed by atoms with van der Waals surface area (Å²) in [4.78, 5) is 0. The van der Waals surface area contributed by atoms with Crippen LogP contribution in [0.25, 0.3) is 0 Å². The summed E-state index contributed by atoms with van der Waals surface area (Å²) in [6.07, 6.45) is 3.19. The second-order valence-corrected chi connectivity index (χ2v) is 26.1. The van der Waals surface area contributed by atoms with Gasteiger partial charge in [-0.05, 0) is 35.5 Å². The third kappa shape index (κ3) is 7.54. The van der Waals surface area contributed by atoms with Crippen molar-refractivity contribution in [2.45, 2.75) is 101 Å². The van der Waals surface area contributed by atoms with E-state index in [1.807, 2.05) is 20.0 Å². The minimum absolute atomic E-state index is 0.0685. The predicted octanol–water partition coefficient (Wildman–Crippen LogP) is 5.32. The number of aliphatic hydroxyl groups is 1. The first-order valence-corrected chi connectivity index (χ1v) is 22.3. The quantitative estimate of drug-likeness (QED) is 0.177. The molecule has 1 saturated heterocycles. The van der Waals surface area contributed by atoms with Gasteiger partial charge in [0, 0.05) is 7.11 Å². The molecule has 1 heterocycles. The Labute approximate surface area is 269 Å². The molecule has 44 heavy (non-hydrogen) atoms. The van der Waals surface area contributed by atoms with Crippen LogP contribution in [0, 0.1) is 11.3 Å². The summed E-state index contributed by atoms with van der Waals surface area (Å²) in [6, 6.07) is 23.6. The van der Waals surface area contributed by atoms with Crippen LogP contribution in [0.1, 0.15) is 48.0 Å². The Bertz CT molecular complexity index is 1270. The molecule has 0 saturated carbocycles. The fraction of sp³-hybridized carbons (Fsp3) is 0.576. The monoisotopic (exact) mass is 657 g/mol. The lowest BCUT2D eigenvalue weighted by molar-refractivity contribution is -0.0833. The zero-order valence-electron chi connectivity index (χ0n) is 28.4. The molecular formula is C33H53BNO6PSi2. The van der Waals surface area contributed by atoms with Gasteiger partial charge in [0.1, 0.15) is 27.6 Å². The molecule has 1 aliphatic heterocycles. The number of ether oxygens (including phenoxy) is 1. The van der Waals surface area contributed by atoms with Crippen LogP contribution >= 0.6 is 7.57 Å². The smallest absolute Gasteiger partial charge is 0.250 e. The standard InChI is InChI=1S/C33H53BNO6PSi2/c1-31(2,3)43(9,10)41-28-29(40-42(8,37-7)38-23-17-22-35)33(24-36,39-30(28)34)25-44(32(4,5)6,26-18-13-11-14-19-26)27-20-15-12-16-21-27/h11-16,18-21,28-30,36H,8,17,23-25,34H2,1-7,9-10H3/t28?,29-,30-,33-,42?/m1/s1. The topological polar surface area (TPSA) is 90.2 Å². The Morgan fingerprint density at radius 1 is 1.00 bits per heavy atom. The van der Waals surface area contributed by atoms with Crippen LogP contribution in [0.4, 0.5) is 0 Å². The normalized spacial score (nSPS) is 24.5. The first kappa shape index (κ1) is 37.0. The van der Waals surface area contributed by atoms with E-state index >= 15 is 0 Å². The maximum absolute atomic E-state index is 11.5. The van der Waals surface area contributed by atoms with Crippen molar-refractivity contribution in [1.82, 2.24) is 0 Å². The molecule has 0 amide bonds. The van der Waals surface area contributed by atoms with Crippen molar-refractivity contribution in [3.05, 3.63) is 60.7 Å². The van der Waals surface area contributed by atoms with E-state index in [0.29, 0.717) is 6.04 Å². The van der Waals surface area contributed by atoms with Gasteiger partial charge in [0.2, 0.25) is 0 Å². The Morgan fingerprint density at radius 2 is 1.52 bits per heavy atom. The molecule has 0 spiro atoms. The van der Waals surface area contributed by atoms with Crippen molar-refractivity contribution in [2.24, 2.45) is 0 Å². The van der Waals surface area contributed by atoms with E-state index < -0.39 is 41.8 Å². The lowest BCUT2D eigenvalue weighted by Crippen LogP contribution is -2.69. The minimum Gasteiger partial charge on any atom is -0.409 e. The Kier molecular flexibility index (Phi) is 11.8. The summed E-state index contributed by atoms with van der Waals surface area (Å²) in [5.41, 5.74) is -1.16. The first-order chi connectivity index (χ1) is 20.4. The third-order valence-electron chi connectivity index (χ3n) is 9.64. The molecule has 0 bridgehead atoms. The van der Waals surface area contributed by atoms with E-state index in [1.165, 1.54) is 17.5 Å². The van der Waals surface area contributed by atoms with Crippen LogP contribution < -0.4 is 10.4 Å². The van der Waals surface area contributed by atoms with Gasteiger partial charge in [0.05, 0.1) is 37.8 Å². The van der Waals surface area contributed by atoms with E-state index in [-0.39, 0.29) is 35.7 Å². The van der Waals surface area contributed by atoms with Crippen LogP contribution in [-0.4, -0.2) is 79.8 Å². The van der Waals surface area contributed by atoms with Crippen molar-refractivity contribution in [3.63, 3.8) is 0 Å². The highest BCUT2D eigenvalue weighted by Crippen LogP contribution is 2.56. The summed E-state index contributed by atoms with van der Waals surface area (Å²) in [7, 11) is -4.76. The maximum atomic E-state index is 11.5. The molecule has 0 aromatic heterocycles. The minimum atomic E-state index is -3.18. The summed E-state index contributed by atoms with van der Waals surface area (Å²) in [6.45, 7) is 17.8. The van der Waals surface area contributed by atoms with Gasteiger partial charge in [-0.1, -0.05) is 113 Å². The van der Waals surface area contributed by atoms with Crippen molar-refractivity contribution in [3.8, 4) is 6.07 Å². The zero-order valence-corrected chi connectivity index (χ0v) is 31.3. The number of aliphatic hydroxyl groups excluding tert-OH is 1. The Morgan fingerprint density at radius 3 is 1.93 bits per heavy atom. The number of nitriles is 1. The molecular weight excluding hydrogens is 604 g/mol. The molecule has 5 atom stereocenters. The molecule has 0 aliphatic carbocycles. The van der Waals surface area contributed by atoms with Gasteiger partial charge in [-0.25, -0.2) is 0 Å². The van der Waals surface area contributed by atoms with Crippen molar-refractivity contribution < 1.29 is 27.8 Å². The molecule has 242 valence electrons. The average molecular weight is 658 g/mol. The van der Waals surface area contributed by atoms with Gasteiger partial charge in [0.15, 0.2) is 8.32 Å². The van der Waals surface area contributed by atoms with Gasteiger partial charge in [-0.3, -0.25) is 0 Å². The lowest BCUT2D eigenvalue weighted by Gasteiger charge is -2.50. The molecule has 11 heteroatoms. The summed E-state index contributed by atoms with van der Waals surface area (Å²) in [5.74, 6) is 0. The predicted molar refractivity (Wildman–Crippen MR) is 190 cm³/mol. The van der Waals surface area contributed by atoms with E-state index in [9.17, 15) is 5.11 Å². The molecule has 1 N–H and O–H groups in total. The fourth-order valence-electron chi connectivity index (χ4n) is 6.13. The lowest BCUT2D eigenvalue weighted by atomic mass is 9.90. The van der Waals surface area contributed by atoms with Gasteiger partial charge in [-0.15, -0.1) is 0 Å². The second-order valence-electron chi connectivity index (χ2n) is 14.5. The first-order valence-electron chi connectivity index (χ1n) is 15.5. The highest BCUT2D eigenvalue weighted by molar-refractivity contribution is 7.59. The molecule has 7 nitrogen and oxygen atoms in total. The highest BCUT2D eigenvalue weighted by Gasteiger charge is 2.63. The number of benzene rings is 2. The van der Waals surface area contributed by atoms with Crippen molar-refractivity contribution in [2.75, 3.05) is 20.3 Å². The van der Waals surface area contributed by atoms with Gasteiger partial charge >= 0.3 is 0 Å². The maximum Gasteiger partial charge on any atom is 0.250 e. The average Bonchev–Trinajstić information content (AvgIpc) is 3.20. The zero-order chi connectivity index (χ0) is 33.0. The molecule has 2 aromatic rings. The number of hydrogen-bond donors (Lipinski definition) is 1. The number of nitrogens with zero attached hydrogens (tertiary/aromatic N) is 1. The van der Waals surface area contributed by atoms with Gasteiger partial charge < -0.3 is 27.8 Å². The van der Waals surface area contributed by atoms with E-state index in [1.54, 1.807) is 0 Å². The highest BCUT2D eigenvalue weighted by atomic mass is 31.2. The Hall–Kier alpha value is -1.51. The number of hydrogen-bond acceptors (Lipinski definition) is 7. The third-order valence-corrected chi connectivity index (χ3v) is 22.1. The van der Waals surface area contributed by atoms with Crippen LogP contribution in [0.15, 0.2) is 60.7 Å². The van der Waals surface area contributed by atoms with Crippen molar-refractivity contribution >= 4 is 48.5 Å². The molecule has 3 rings (SSSR count). The van der Waals surface area contributed by atoms with E-state index in [0.717, 1.165) is 0 Å². The summed E-state index contributed by atoms with van der Waals surface area (Å²) >= 11 is 0. The van der Waals surface area contributed by atoms with Crippen molar-refractivity contribution in [1.29, 1.82) is 5.26 Å². The van der Waals surface area contributed by atoms with E-state index in [2.05, 4.69) is 116 Å². The van der Waals surface area contributed by atoms with Gasteiger partial charge in [-0.2, -0.15) is 5.26 Å². The van der Waals surface area contributed by atoms with E-state index in [4.69, 9.17) is 28.0 Å². The molecule has 1 aliphatic rings. The Balaban J connectivity index is 2.29.